The molecule has 0 radical (unpaired) electrons. The van der Waals surface area contributed by atoms with E-state index >= 15 is 0 Å². The third-order valence-electron chi connectivity index (χ3n) is 4.72. The number of nitrogens with one attached hydrogen (secondary N) is 1. The molecule has 0 saturated carbocycles. The van der Waals surface area contributed by atoms with Gasteiger partial charge in [0.2, 0.25) is 5.78 Å². The standard InChI is InChI=1S/C25H25N3O2/c1-3-28(4-2)22-17-15-21(16-18-22)26-23(24(29)19-11-7-5-8-12-19)25(30)27-20-13-9-6-10-14-20/h5-18H,3-4H2,1-2H3,(H,27,30). The maximum absolute atomic E-state index is 13.0. The molecule has 1 amide bonds. The predicted octanol–water partition coefficient (Wildman–Crippen LogP) is 5.13. The Labute approximate surface area is 177 Å². The normalized spacial score (nSPS) is 11.1. The maximum Gasteiger partial charge on any atom is 0.278 e. The average Bonchev–Trinajstić information content (AvgIpc) is 2.80. The Kier molecular flexibility index (Phi) is 7.11. The monoisotopic (exact) mass is 399 g/mol. The van der Waals surface area contributed by atoms with Gasteiger partial charge >= 0.3 is 0 Å². The minimum atomic E-state index is -0.539. The molecule has 0 atom stereocenters. The first-order chi connectivity index (χ1) is 14.6. The van der Waals surface area contributed by atoms with E-state index < -0.39 is 11.7 Å². The summed E-state index contributed by atoms with van der Waals surface area (Å²) >= 11 is 0. The number of amides is 1. The van der Waals surface area contributed by atoms with E-state index in [1.54, 1.807) is 36.4 Å². The second-order valence-electron chi connectivity index (χ2n) is 6.66. The van der Waals surface area contributed by atoms with E-state index in [9.17, 15) is 9.59 Å². The van der Waals surface area contributed by atoms with Crippen molar-refractivity contribution in [1.82, 2.24) is 0 Å². The molecular formula is C25H25N3O2. The number of aliphatic imine (C=N–C) groups is 1. The van der Waals surface area contributed by atoms with Gasteiger partial charge < -0.3 is 10.2 Å². The number of nitrogens with zero attached hydrogens (tertiary/aromatic N) is 2. The van der Waals surface area contributed by atoms with E-state index in [-0.39, 0.29) is 5.71 Å². The van der Waals surface area contributed by atoms with Crippen molar-refractivity contribution in [3.8, 4) is 0 Å². The van der Waals surface area contributed by atoms with Gasteiger partial charge in [-0.05, 0) is 50.2 Å². The Morgan fingerprint density at radius 2 is 1.37 bits per heavy atom. The van der Waals surface area contributed by atoms with Gasteiger partial charge in [-0.3, -0.25) is 9.59 Å². The van der Waals surface area contributed by atoms with E-state index in [0.29, 0.717) is 16.9 Å². The second kappa shape index (κ2) is 10.2. The number of Topliss-reactive ketones (excluding diaryl/α,β-unsaturated/α-hetero) is 1. The molecule has 0 saturated heterocycles. The molecule has 152 valence electrons. The lowest BCUT2D eigenvalue weighted by Gasteiger charge is -2.20. The molecule has 0 fully saturated rings. The lowest BCUT2D eigenvalue weighted by Crippen LogP contribution is -2.30. The van der Waals surface area contributed by atoms with Crippen LogP contribution in [0.5, 0.6) is 0 Å². The molecule has 3 aromatic rings. The van der Waals surface area contributed by atoms with Crippen molar-refractivity contribution in [1.29, 1.82) is 0 Å². The van der Waals surface area contributed by atoms with E-state index in [0.717, 1.165) is 18.8 Å². The molecule has 3 rings (SSSR count). The Morgan fingerprint density at radius 1 is 0.800 bits per heavy atom. The van der Waals surface area contributed by atoms with Crippen LogP contribution in [0.1, 0.15) is 24.2 Å². The highest BCUT2D eigenvalue weighted by Gasteiger charge is 2.22. The molecule has 0 aliphatic carbocycles. The molecule has 5 nitrogen and oxygen atoms in total. The van der Waals surface area contributed by atoms with Crippen LogP contribution in [0.15, 0.2) is 89.9 Å². The molecule has 30 heavy (non-hydrogen) atoms. The molecule has 0 aliphatic rings. The van der Waals surface area contributed by atoms with Crippen LogP contribution in [0.4, 0.5) is 17.1 Å². The first kappa shape index (κ1) is 21.0. The molecule has 0 heterocycles. The highest BCUT2D eigenvalue weighted by atomic mass is 16.2. The zero-order valence-electron chi connectivity index (χ0n) is 17.2. The second-order valence-corrected chi connectivity index (χ2v) is 6.66. The summed E-state index contributed by atoms with van der Waals surface area (Å²) in [6.07, 6.45) is 0. The summed E-state index contributed by atoms with van der Waals surface area (Å²) in [4.78, 5) is 32.6. The Bertz CT molecular complexity index is 1010. The van der Waals surface area contributed by atoms with Crippen LogP contribution in [0.25, 0.3) is 0 Å². The summed E-state index contributed by atoms with van der Waals surface area (Å²) in [5.41, 5.74) is 2.49. The number of hydrogen-bond acceptors (Lipinski definition) is 4. The fraction of sp³-hybridized carbons (Fsp3) is 0.160. The molecule has 1 N–H and O–H groups in total. The van der Waals surface area contributed by atoms with Gasteiger partial charge in [-0.1, -0.05) is 48.5 Å². The number of rotatable bonds is 8. The van der Waals surface area contributed by atoms with Gasteiger partial charge in [0, 0.05) is 30.0 Å². The van der Waals surface area contributed by atoms with Gasteiger partial charge in [-0.25, -0.2) is 4.99 Å². The minimum Gasteiger partial charge on any atom is -0.372 e. The molecule has 3 aromatic carbocycles. The quantitative estimate of drug-likeness (QED) is 0.325. The highest BCUT2D eigenvalue weighted by molar-refractivity contribution is 6.70. The smallest absolute Gasteiger partial charge is 0.278 e. The zero-order valence-corrected chi connectivity index (χ0v) is 17.2. The topological polar surface area (TPSA) is 61.8 Å². The van der Waals surface area contributed by atoms with Crippen molar-refractivity contribution in [3.63, 3.8) is 0 Å². The average molecular weight is 399 g/mol. The van der Waals surface area contributed by atoms with Crippen molar-refractivity contribution < 1.29 is 9.59 Å². The van der Waals surface area contributed by atoms with E-state index in [4.69, 9.17) is 0 Å². The van der Waals surface area contributed by atoms with Crippen LogP contribution < -0.4 is 10.2 Å². The Balaban J connectivity index is 1.94. The third kappa shape index (κ3) is 5.20. The summed E-state index contributed by atoms with van der Waals surface area (Å²) in [6, 6.07) is 25.3. The first-order valence-corrected chi connectivity index (χ1v) is 10.0. The van der Waals surface area contributed by atoms with Crippen LogP contribution in [0.2, 0.25) is 0 Å². The number of para-hydroxylation sites is 1. The lowest BCUT2D eigenvalue weighted by atomic mass is 10.1. The first-order valence-electron chi connectivity index (χ1n) is 10.0. The number of carbonyl (C=O) groups excluding carboxylic acids is 2. The summed E-state index contributed by atoms with van der Waals surface area (Å²) in [5.74, 6) is -0.959. The van der Waals surface area contributed by atoms with Crippen LogP contribution >= 0.6 is 0 Å². The molecule has 0 bridgehead atoms. The van der Waals surface area contributed by atoms with E-state index in [1.807, 2.05) is 48.5 Å². The van der Waals surface area contributed by atoms with Crippen molar-refractivity contribution in [2.75, 3.05) is 23.3 Å². The summed E-state index contributed by atoms with van der Waals surface area (Å²) in [5, 5.41) is 2.76. The molecule has 0 spiro atoms. The molecule has 0 aliphatic heterocycles. The van der Waals surface area contributed by atoms with Gasteiger partial charge in [0.05, 0.1) is 5.69 Å². The van der Waals surface area contributed by atoms with Crippen LogP contribution in [-0.2, 0) is 4.79 Å². The van der Waals surface area contributed by atoms with Crippen molar-refractivity contribution in [3.05, 3.63) is 90.5 Å². The van der Waals surface area contributed by atoms with Gasteiger partial charge in [0.1, 0.15) is 0 Å². The molecule has 5 heteroatoms. The number of anilines is 2. The molecule has 0 aromatic heterocycles. The van der Waals surface area contributed by atoms with E-state index in [2.05, 4.69) is 29.1 Å². The summed E-state index contributed by atoms with van der Waals surface area (Å²) in [7, 11) is 0. The summed E-state index contributed by atoms with van der Waals surface area (Å²) < 4.78 is 0. The fourth-order valence-corrected chi connectivity index (χ4v) is 3.10. The number of carbonyl (C=O) groups is 2. The van der Waals surface area contributed by atoms with Gasteiger partial charge in [0.15, 0.2) is 5.71 Å². The predicted molar refractivity (Wildman–Crippen MR) is 123 cm³/mol. The fourth-order valence-electron chi connectivity index (χ4n) is 3.10. The third-order valence-corrected chi connectivity index (χ3v) is 4.72. The van der Waals surface area contributed by atoms with Crippen LogP contribution in [0, 0.1) is 0 Å². The Morgan fingerprint density at radius 3 is 1.93 bits per heavy atom. The Hall–Kier alpha value is -3.73. The van der Waals surface area contributed by atoms with Crippen LogP contribution in [-0.4, -0.2) is 30.5 Å². The van der Waals surface area contributed by atoms with Crippen molar-refractivity contribution in [2.24, 2.45) is 4.99 Å². The van der Waals surface area contributed by atoms with Crippen molar-refractivity contribution in [2.45, 2.75) is 13.8 Å². The number of benzene rings is 3. The SMILES string of the molecule is CCN(CC)c1ccc(N=C(C(=O)Nc2ccccc2)C(=O)c2ccccc2)cc1. The van der Waals surface area contributed by atoms with Gasteiger partial charge in [-0.15, -0.1) is 0 Å². The number of ketones is 1. The molecular weight excluding hydrogens is 374 g/mol. The maximum atomic E-state index is 13.0. The van der Waals surface area contributed by atoms with Gasteiger partial charge in [-0.2, -0.15) is 0 Å². The largest absolute Gasteiger partial charge is 0.372 e. The van der Waals surface area contributed by atoms with Gasteiger partial charge in [0.25, 0.3) is 5.91 Å². The zero-order chi connectivity index (χ0) is 21.3. The lowest BCUT2D eigenvalue weighted by molar-refractivity contribution is -0.110. The minimum absolute atomic E-state index is 0.152. The van der Waals surface area contributed by atoms with E-state index in [1.165, 1.54) is 0 Å². The molecule has 0 unspecified atom stereocenters. The number of hydrogen-bond donors (Lipinski definition) is 1. The highest BCUT2D eigenvalue weighted by Crippen LogP contribution is 2.21. The summed E-state index contributed by atoms with van der Waals surface area (Å²) in [6.45, 7) is 5.99. The van der Waals surface area contributed by atoms with Crippen LogP contribution in [0.3, 0.4) is 0 Å². The van der Waals surface area contributed by atoms with Crippen molar-refractivity contribution >= 4 is 34.5 Å².